The normalized spacial score (nSPS) is 28.1. The predicted octanol–water partition coefficient (Wildman–Crippen LogP) is 2.48. The molecule has 3 aliphatic carbocycles. The molecule has 0 radical (unpaired) electrons. The van der Waals surface area contributed by atoms with Crippen LogP contribution in [0.5, 0.6) is 0 Å². The minimum Gasteiger partial charge on any atom is -0.465 e. The van der Waals surface area contributed by atoms with Crippen molar-refractivity contribution in [1.82, 2.24) is 0 Å². The van der Waals surface area contributed by atoms with Crippen molar-refractivity contribution < 1.29 is 14.3 Å². The number of Topliss-reactive ketones (excluding diaryl/α,β-unsaturated/α-hetero) is 1. The van der Waals surface area contributed by atoms with Crippen LogP contribution in [0.15, 0.2) is 0 Å². The van der Waals surface area contributed by atoms with Crippen molar-refractivity contribution in [1.29, 1.82) is 0 Å². The number of hydrogen-bond donors (Lipinski definition) is 0. The predicted molar refractivity (Wildman–Crippen MR) is 62.3 cm³/mol. The fourth-order valence-corrected chi connectivity index (χ4v) is 3.68. The SMILES string of the molecule is CCOC(=O)C1(C(=O)C2CC2)CC2(CCC2)C1. The molecule has 0 heterocycles. The molecule has 1 spiro atoms. The number of esters is 1. The van der Waals surface area contributed by atoms with Crippen molar-refractivity contribution in [2.75, 3.05) is 6.61 Å². The molecule has 0 atom stereocenters. The molecule has 3 rings (SSSR count). The molecule has 3 saturated carbocycles. The molecule has 0 N–H and O–H groups in total. The van der Waals surface area contributed by atoms with E-state index in [1.165, 1.54) is 19.3 Å². The Bertz CT molecular complexity index is 356. The average Bonchev–Trinajstić information content (AvgIpc) is 2.96. The summed E-state index contributed by atoms with van der Waals surface area (Å²) in [5.41, 5.74) is -0.408. The standard InChI is InChI=1S/C14H20O3/c1-2-17-12(16)14(11(15)10-4-5-10)8-13(9-14)6-3-7-13/h10H,2-9H2,1H3. The van der Waals surface area contributed by atoms with Crippen molar-refractivity contribution in [2.45, 2.75) is 51.9 Å². The zero-order valence-electron chi connectivity index (χ0n) is 10.5. The molecule has 3 nitrogen and oxygen atoms in total. The van der Waals surface area contributed by atoms with Gasteiger partial charge in [-0.3, -0.25) is 9.59 Å². The van der Waals surface area contributed by atoms with Gasteiger partial charge in [0.2, 0.25) is 0 Å². The van der Waals surface area contributed by atoms with Gasteiger partial charge in [-0.25, -0.2) is 0 Å². The first kappa shape index (κ1) is 11.2. The highest BCUT2D eigenvalue weighted by Gasteiger charge is 2.66. The summed E-state index contributed by atoms with van der Waals surface area (Å²) in [7, 11) is 0. The van der Waals surface area contributed by atoms with Gasteiger partial charge in [-0.1, -0.05) is 6.42 Å². The molecular formula is C14H20O3. The lowest BCUT2D eigenvalue weighted by atomic mass is 9.44. The van der Waals surface area contributed by atoms with Gasteiger partial charge in [-0.2, -0.15) is 0 Å². The van der Waals surface area contributed by atoms with Crippen LogP contribution in [0.2, 0.25) is 0 Å². The molecular weight excluding hydrogens is 216 g/mol. The summed E-state index contributed by atoms with van der Waals surface area (Å²) in [5, 5.41) is 0. The van der Waals surface area contributed by atoms with E-state index in [2.05, 4.69) is 0 Å². The van der Waals surface area contributed by atoms with E-state index in [9.17, 15) is 9.59 Å². The Balaban J connectivity index is 1.77. The molecule has 94 valence electrons. The lowest BCUT2D eigenvalue weighted by molar-refractivity contribution is -0.185. The van der Waals surface area contributed by atoms with E-state index in [4.69, 9.17) is 4.74 Å². The van der Waals surface area contributed by atoms with Crippen molar-refractivity contribution in [3.05, 3.63) is 0 Å². The Labute approximate surface area is 102 Å². The summed E-state index contributed by atoms with van der Waals surface area (Å²) in [6, 6.07) is 0. The zero-order valence-corrected chi connectivity index (χ0v) is 10.5. The number of hydrogen-bond acceptors (Lipinski definition) is 3. The van der Waals surface area contributed by atoms with Crippen LogP contribution in [0.4, 0.5) is 0 Å². The third-order valence-corrected chi connectivity index (χ3v) is 4.85. The highest BCUT2D eigenvalue weighted by Crippen LogP contribution is 2.66. The van der Waals surface area contributed by atoms with Gasteiger partial charge < -0.3 is 4.74 Å². The Morgan fingerprint density at radius 3 is 2.29 bits per heavy atom. The zero-order chi connectivity index (χ0) is 12.1. The first-order chi connectivity index (χ1) is 8.12. The topological polar surface area (TPSA) is 43.4 Å². The molecule has 3 fully saturated rings. The summed E-state index contributed by atoms with van der Waals surface area (Å²) in [6.07, 6.45) is 7.16. The van der Waals surface area contributed by atoms with E-state index in [1.54, 1.807) is 0 Å². The quantitative estimate of drug-likeness (QED) is 0.556. The van der Waals surface area contributed by atoms with Gasteiger partial charge in [-0.05, 0) is 50.9 Å². The van der Waals surface area contributed by atoms with Crippen LogP contribution in [0.3, 0.4) is 0 Å². The van der Waals surface area contributed by atoms with Crippen LogP contribution in [0.25, 0.3) is 0 Å². The largest absolute Gasteiger partial charge is 0.465 e. The Hall–Kier alpha value is -0.860. The lowest BCUT2D eigenvalue weighted by Gasteiger charge is -2.58. The second kappa shape index (κ2) is 3.56. The highest BCUT2D eigenvalue weighted by atomic mass is 16.5. The van der Waals surface area contributed by atoms with Crippen LogP contribution in [-0.4, -0.2) is 18.4 Å². The van der Waals surface area contributed by atoms with E-state index in [-0.39, 0.29) is 17.7 Å². The first-order valence-corrected chi connectivity index (χ1v) is 6.83. The summed E-state index contributed by atoms with van der Waals surface area (Å²) in [5.74, 6) is 0.111. The monoisotopic (exact) mass is 236 g/mol. The maximum atomic E-state index is 12.4. The fraction of sp³-hybridized carbons (Fsp3) is 0.857. The Morgan fingerprint density at radius 2 is 1.88 bits per heavy atom. The summed E-state index contributed by atoms with van der Waals surface area (Å²) in [4.78, 5) is 24.5. The molecule has 0 saturated heterocycles. The summed E-state index contributed by atoms with van der Waals surface area (Å²) < 4.78 is 5.15. The molecule has 0 aromatic carbocycles. The van der Waals surface area contributed by atoms with Crippen molar-refractivity contribution in [3.63, 3.8) is 0 Å². The van der Waals surface area contributed by atoms with Crippen molar-refractivity contribution in [3.8, 4) is 0 Å². The van der Waals surface area contributed by atoms with Crippen LogP contribution in [-0.2, 0) is 14.3 Å². The van der Waals surface area contributed by atoms with E-state index >= 15 is 0 Å². The van der Waals surface area contributed by atoms with Crippen LogP contribution in [0.1, 0.15) is 51.9 Å². The number of carbonyl (C=O) groups excluding carboxylic acids is 2. The molecule has 3 heteroatoms. The highest BCUT2D eigenvalue weighted by molar-refractivity contribution is 6.07. The van der Waals surface area contributed by atoms with Crippen LogP contribution < -0.4 is 0 Å². The molecule has 0 aliphatic heterocycles. The van der Waals surface area contributed by atoms with E-state index < -0.39 is 5.41 Å². The lowest BCUT2D eigenvalue weighted by Crippen LogP contribution is -2.59. The molecule has 17 heavy (non-hydrogen) atoms. The molecule has 0 unspecified atom stereocenters. The number of ketones is 1. The Kier molecular flexibility index (Phi) is 2.36. The van der Waals surface area contributed by atoms with Crippen molar-refractivity contribution in [2.24, 2.45) is 16.7 Å². The summed E-state index contributed by atoms with van der Waals surface area (Å²) in [6.45, 7) is 2.19. The number of rotatable bonds is 4. The third kappa shape index (κ3) is 1.54. The van der Waals surface area contributed by atoms with Gasteiger partial charge in [0.15, 0.2) is 5.78 Å². The second-order valence-corrected chi connectivity index (χ2v) is 6.15. The van der Waals surface area contributed by atoms with E-state index in [0.717, 1.165) is 25.7 Å². The van der Waals surface area contributed by atoms with Gasteiger partial charge in [0.05, 0.1) is 6.61 Å². The van der Waals surface area contributed by atoms with Gasteiger partial charge in [0.25, 0.3) is 0 Å². The minimum atomic E-state index is -0.738. The van der Waals surface area contributed by atoms with Gasteiger partial charge in [0, 0.05) is 5.92 Å². The van der Waals surface area contributed by atoms with Crippen molar-refractivity contribution >= 4 is 11.8 Å². The Morgan fingerprint density at radius 1 is 1.24 bits per heavy atom. The van der Waals surface area contributed by atoms with E-state index in [1.807, 2.05) is 6.92 Å². The van der Waals surface area contributed by atoms with Crippen LogP contribution >= 0.6 is 0 Å². The maximum absolute atomic E-state index is 12.4. The van der Waals surface area contributed by atoms with Gasteiger partial charge in [-0.15, -0.1) is 0 Å². The van der Waals surface area contributed by atoms with Gasteiger partial charge >= 0.3 is 5.97 Å². The molecule has 0 amide bonds. The van der Waals surface area contributed by atoms with E-state index in [0.29, 0.717) is 12.0 Å². The third-order valence-electron chi connectivity index (χ3n) is 4.85. The second-order valence-electron chi connectivity index (χ2n) is 6.15. The average molecular weight is 236 g/mol. The molecule has 0 aromatic heterocycles. The number of ether oxygens (including phenoxy) is 1. The first-order valence-electron chi connectivity index (χ1n) is 6.83. The molecule has 3 aliphatic rings. The maximum Gasteiger partial charge on any atom is 0.319 e. The molecule has 0 bridgehead atoms. The van der Waals surface area contributed by atoms with Crippen LogP contribution in [0, 0.1) is 16.7 Å². The summed E-state index contributed by atoms with van der Waals surface area (Å²) >= 11 is 0. The fourth-order valence-electron chi connectivity index (χ4n) is 3.68. The number of carbonyl (C=O) groups is 2. The smallest absolute Gasteiger partial charge is 0.319 e. The molecule has 0 aromatic rings. The minimum absolute atomic E-state index is 0.164. The van der Waals surface area contributed by atoms with Gasteiger partial charge in [0.1, 0.15) is 5.41 Å².